The van der Waals surface area contributed by atoms with E-state index in [-0.39, 0.29) is 11.0 Å². The first-order valence-corrected chi connectivity index (χ1v) is 10.4. The van der Waals surface area contributed by atoms with Gasteiger partial charge in [0.2, 0.25) is 0 Å². The Morgan fingerprint density at radius 1 is 1.07 bits per heavy atom. The molecule has 0 spiro atoms. The molecular formula is C21H24Cl2N2O2S. The first kappa shape index (κ1) is 22.5. The zero-order valence-electron chi connectivity index (χ0n) is 15.8. The van der Waals surface area contributed by atoms with Crippen molar-refractivity contribution in [2.75, 3.05) is 6.61 Å². The molecule has 2 N–H and O–H groups in total. The van der Waals surface area contributed by atoms with Crippen molar-refractivity contribution in [3.05, 3.63) is 63.6 Å². The number of nitrogens with one attached hydrogen (secondary N) is 2. The third-order valence-corrected chi connectivity index (χ3v) is 4.90. The van der Waals surface area contributed by atoms with Gasteiger partial charge in [0.05, 0.1) is 6.61 Å². The fourth-order valence-corrected chi connectivity index (χ4v) is 3.12. The number of hydrogen-bond donors (Lipinski definition) is 2. The Bertz CT molecular complexity index is 797. The maximum absolute atomic E-state index is 12.3. The van der Waals surface area contributed by atoms with Crippen molar-refractivity contribution < 1.29 is 9.53 Å². The van der Waals surface area contributed by atoms with Gasteiger partial charge in [-0.25, -0.2) is 0 Å². The van der Waals surface area contributed by atoms with E-state index in [2.05, 4.69) is 17.6 Å². The topological polar surface area (TPSA) is 50.4 Å². The molecule has 0 atom stereocenters. The van der Waals surface area contributed by atoms with Crippen LogP contribution in [0.15, 0.2) is 42.5 Å². The second-order valence-corrected chi connectivity index (χ2v) is 7.56. The molecule has 0 saturated heterocycles. The van der Waals surface area contributed by atoms with Gasteiger partial charge < -0.3 is 10.1 Å². The third kappa shape index (κ3) is 7.66. The maximum Gasteiger partial charge on any atom is 0.257 e. The summed E-state index contributed by atoms with van der Waals surface area (Å²) in [6.07, 6.45) is 4.63. The molecule has 2 aromatic carbocycles. The highest BCUT2D eigenvalue weighted by atomic mass is 35.5. The molecule has 7 heteroatoms. The van der Waals surface area contributed by atoms with Crippen LogP contribution in [0, 0.1) is 0 Å². The lowest BCUT2D eigenvalue weighted by Crippen LogP contribution is -2.38. The van der Waals surface area contributed by atoms with Gasteiger partial charge in [0.1, 0.15) is 5.75 Å². The number of carbonyl (C=O) groups excluding carboxylic acids is 1. The molecule has 0 unspecified atom stereocenters. The molecular weight excluding hydrogens is 415 g/mol. The lowest BCUT2D eigenvalue weighted by molar-refractivity contribution is 0.0976. The second-order valence-electron chi connectivity index (χ2n) is 6.31. The molecule has 150 valence electrons. The summed E-state index contributed by atoms with van der Waals surface area (Å²) in [6.45, 7) is 3.26. The van der Waals surface area contributed by atoms with Crippen molar-refractivity contribution in [2.45, 2.75) is 39.2 Å². The van der Waals surface area contributed by atoms with Gasteiger partial charge in [-0.1, -0.05) is 55.5 Å². The average molecular weight is 439 g/mol. The van der Waals surface area contributed by atoms with Crippen molar-refractivity contribution in [3.63, 3.8) is 0 Å². The highest BCUT2D eigenvalue weighted by Crippen LogP contribution is 2.20. The normalized spacial score (nSPS) is 10.4. The minimum Gasteiger partial charge on any atom is -0.494 e. The zero-order chi connectivity index (χ0) is 20.4. The molecule has 0 saturated carbocycles. The molecule has 0 fully saturated rings. The predicted molar refractivity (Wildman–Crippen MR) is 119 cm³/mol. The summed E-state index contributed by atoms with van der Waals surface area (Å²) < 4.78 is 5.68. The Morgan fingerprint density at radius 3 is 2.50 bits per heavy atom. The van der Waals surface area contributed by atoms with Gasteiger partial charge in [-0.05, 0) is 60.6 Å². The van der Waals surface area contributed by atoms with E-state index < -0.39 is 0 Å². The van der Waals surface area contributed by atoms with E-state index in [1.54, 1.807) is 36.4 Å². The molecule has 0 aliphatic heterocycles. The van der Waals surface area contributed by atoms with Gasteiger partial charge in [0.25, 0.3) is 5.91 Å². The zero-order valence-corrected chi connectivity index (χ0v) is 18.1. The molecule has 0 bridgehead atoms. The molecule has 0 radical (unpaired) electrons. The molecule has 0 heterocycles. The van der Waals surface area contributed by atoms with Gasteiger partial charge in [0.15, 0.2) is 5.11 Å². The molecule has 0 aromatic heterocycles. The minimum atomic E-state index is -0.283. The van der Waals surface area contributed by atoms with Crippen LogP contribution in [-0.2, 0) is 6.54 Å². The number of benzene rings is 2. The highest BCUT2D eigenvalue weighted by Gasteiger charge is 2.09. The number of rotatable bonds is 9. The van der Waals surface area contributed by atoms with Gasteiger partial charge in [-0.2, -0.15) is 0 Å². The SMILES string of the molecule is CCCCCCOc1ccc(C(=O)NC(=S)NCc2ccc(Cl)cc2Cl)cc1. The number of carbonyl (C=O) groups is 1. The Balaban J connectivity index is 1.77. The lowest BCUT2D eigenvalue weighted by atomic mass is 10.2. The quantitative estimate of drug-likeness (QED) is 0.386. The molecule has 2 aromatic rings. The number of halogens is 2. The number of unbranched alkanes of at least 4 members (excludes halogenated alkanes) is 3. The fourth-order valence-electron chi connectivity index (χ4n) is 2.48. The van der Waals surface area contributed by atoms with Gasteiger partial charge >= 0.3 is 0 Å². The van der Waals surface area contributed by atoms with E-state index in [0.29, 0.717) is 28.8 Å². The summed E-state index contributed by atoms with van der Waals surface area (Å²) in [5.74, 6) is 0.473. The molecule has 4 nitrogen and oxygen atoms in total. The highest BCUT2D eigenvalue weighted by molar-refractivity contribution is 7.80. The van der Waals surface area contributed by atoms with Crippen molar-refractivity contribution in [1.82, 2.24) is 10.6 Å². The first-order chi connectivity index (χ1) is 13.5. The molecule has 0 aliphatic rings. The van der Waals surface area contributed by atoms with E-state index in [0.717, 1.165) is 17.7 Å². The van der Waals surface area contributed by atoms with E-state index in [4.69, 9.17) is 40.2 Å². The summed E-state index contributed by atoms with van der Waals surface area (Å²) >= 11 is 17.2. The van der Waals surface area contributed by atoms with Crippen LogP contribution in [-0.4, -0.2) is 17.6 Å². The van der Waals surface area contributed by atoms with E-state index in [9.17, 15) is 4.79 Å². The Hall–Kier alpha value is -1.82. The van der Waals surface area contributed by atoms with Crippen LogP contribution in [0.3, 0.4) is 0 Å². The van der Waals surface area contributed by atoms with Crippen LogP contribution >= 0.6 is 35.4 Å². The largest absolute Gasteiger partial charge is 0.494 e. The van der Waals surface area contributed by atoms with Crippen LogP contribution < -0.4 is 15.4 Å². The third-order valence-electron chi connectivity index (χ3n) is 4.06. The number of amides is 1. The van der Waals surface area contributed by atoms with Crippen molar-refractivity contribution in [3.8, 4) is 5.75 Å². The Morgan fingerprint density at radius 2 is 1.82 bits per heavy atom. The van der Waals surface area contributed by atoms with Crippen LogP contribution in [0.25, 0.3) is 0 Å². The molecule has 1 amide bonds. The molecule has 28 heavy (non-hydrogen) atoms. The minimum absolute atomic E-state index is 0.229. The summed E-state index contributed by atoms with van der Waals surface area (Å²) in [5, 5.41) is 6.96. The smallest absolute Gasteiger partial charge is 0.257 e. The van der Waals surface area contributed by atoms with Gasteiger partial charge in [0, 0.05) is 22.2 Å². The summed E-state index contributed by atoms with van der Waals surface area (Å²) in [6, 6.07) is 12.2. The number of hydrogen-bond acceptors (Lipinski definition) is 3. The monoisotopic (exact) mass is 438 g/mol. The summed E-state index contributed by atoms with van der Waals surface area (Å²) in [5.41, 5.74) is 1.34. The van der Waals surface area contributed by atoms with Crippen LogP contribution in [0.5, 0.6) is 5.75 Å². The predicted octanol–water partition coefficient (Wildman–Crippen LogP) is 5.76. The fraction of sp³-hybridized carbons (Fsp3) is 0.333. The lowest BCUT2D eigenvalue weighted by Gasteiger charge is -2.11. The van der Waals surface area contributed by atoms with Crippen LogP contribution in [0.4, 0.5) is 0 Å². The van der Waals surface area contributed by atoms with Gasteiger partial charge in [-0.15, -0.1) is 0 Å². The summed E-state index contributed by atoms with van der Waals surface area (Å²) in [4.78, 5) is 12.3. The number of thiocarbonyl (C=S) groups is 1. The van der Waals surface area contributed by atoms with E-state index >= 15 is 0 Å². The van der Waals surface area contributed by atoms with E-state index in [1.807, 2.05) is 6.07 Å². The average Bonchev–Trinajstić information content (AvgIpc) is 2.67. The maximum atomic E-state index is 12.3. The summed E-state index contributed by atoms with van der Waals surface area (Å²) in [7, 11) is 0. The Kier molecular flexibility index (Phi) is 9.55. The van der Waals surface area contributed by atoms with Crippen LogP contribution in [0.1, 0.15) is 48.5 Å². The molecule has 2 rings (SSSR count). The van der Waals surface area contributed by atoms with Crippen molar-refractivity contribution >= 4 is 46.4 Å². The van der Waals surface area contributed by atoms with Crippen molar-refractivity contribution in [2.24, 2.45) is 0 Å². The van der Waals surface area contributed by atoms with Gasteiger partial charge in [-0.3, -0.25) is 10.1 Å². The Labute approximate surface area is 181 Å². The standard InChI is InChI=1S/C21H24Cl2N2O2S/c1-2-3-4-5-12-27-18-10-7-15(8-11-18)20(26)25-21(28)24-14-16-6-9-17(22)13-19(16)23/h6-11,13H,2-5,12,14H2,1H3,(H2,24,25,26,28). The second kappa shape index (κ2) is 11.9. The number of ether oxygens (including phenoxy) is 1. The van der Waals surface area contributed by atoms with Crippen molar-refractivity contribution in [1.29, 1.82) is 0 Å². The first-order valence-electron chi connectivity index (χ1n) is 9.25. The van der Waals surface area contributed by atoms with Crippen LogP contribution in [0.2, 0.25) is 10.0 Å². The van der Waals surface area contributed by atoms with E-state index in [1.165, 1.54) is 19.3 Å². The molecule has 0 aliphatic carbocycles.